The number of carbonyl (C=O) groups is 1. The fraction of sp³-hybridized carbons (Fsp3) is 0.316. The molecule has 0 aromatic heterocycles. The van der Waals surface area contributed by atoms with Gasteiger partial charge >= 0.3 is 6.18 Å². The van der Waals surface area contributed by atoms with E-state index in [1.165, 1.54) is 4.90 Å². The fourth-order valence-electron chi connectivity index (χ4n) is 3.06. The lowest BCUT2D eigenvalue weighted by Crippen LogP contribution is -2.42. The molecule has 2 aromatic carbocycles. The highest BCUT2D eigenvalue weighted by molar-refractivity contribution is 5.94. The van der Waals surface area contributed by atoms with E-state index >= 15 is 0 Å². The quantitative estimate of drug-likeness (QED) is 0.808. The summed E-state index contributed by atoms with van der Waals surface area (Å²) in [7, 11) is 0. The predicted molar refractivity (Wildman–Crippen MR) is 90.4 cm³/mol. The number of hydrogen-bond acceptors (Lipinski definition) is 2. The molecule has 1 aliphatic rings. The van der Waals surface area contributed by atoms with Crippen LogP contribution in [0, 0.1) is 5.82 Å². The van der Waals surface area contributed by atoms with Gasteiger partial charge in [0.25, 0.3) is 5.91 Å². The third kappa shape index (κ3) is 4.15. The highest BCUT2D eigenvalue weighted by Gasteiger charge is 2.35. The van der Waals surface area contributed by atoms with E-state index in [2.05, 4.69) is 5.32 Å². The molecule has 1 saturated heterocycles. The lowest BCUT2D eigenvalue weighted by Gasteiger charge is -2.33. The minimum Gasteiger partial charge on any atom is -0.382 e. The summed E-state index contributed by atoms with van der Waals surface area (Å²) in [4.78, 5) is 14.0. The van der Waals surface area contributed by atoms with E-state index in [-0.39, 0.29) is 11.6 Å². The van der Waals surface area contributed by atoms with Gasteiger partial charge in [-0.3, -0.25) is 4.79 Å². The van der Waals surface area contributed by atoms with Gasteiger partial charge in [-0.05, 0) is 43.2 Å². The zero-order valence-electron chi connectivity index (χ0n) is 13.9. The molecular formula is C19H18F4N2O. The molecule has 1 fully saturated rings. The van der Waals surface area contributed by atoms with Gasteiger partial charge in [0.05, 0.1) is 5.56 Å². The van der Waals surface area contributed by atoms with Crippen LogP contribution in [0.1, 0.15) is 28.8 Å². The average Bonchev–Trinajstić information content (AvgIpc) is 2.62. The number of benzene rings is 2. The summed E-state index contributed by atoms with van der Waals surface area (Å²) in [6, 6.07) is 12.3. The molecule has 7 heteroatoms. The number of likely N-dealkylation sites (tertiary alicyclic amines) is 1. The van der Waals surface area contributed by atoms with E-state index in [0.717, 1.165) is 11.8 Å². The number of alkyl halides is 3. The van der Waals surface area contributed by atoms with Crippen LogP contribution in [0.5, 0.6) is 0 Å². The SMILES string of the molecule is O=C(c1ccc(F)c(C(F)(F)F)c1)N1CCC(Nc2ccccc2)CC1. The van der Waals surface area contributed by atoms with Gasteiger partial charge in [0, 0.05) is 30.4 Å². The normalized spacial score (nSPS) is 15.8. The van der Waals surface area contributed by atoms with Crippen LogP contribution in [-0.4, -0.2) is 29.9 Å². The van der Waals surface area contributed by atoms with Gasteiger partial charge in [0.15, 0.2) is 0 Å². The van der Waals surface area contributed by atoms with Crippen molar-refractivity contribution in [2.24, 2.45) is 0 Å². The van der Waals surface area contributed by atoms with Crippen molar-refractivity contribution in [3.8, 4) is 0 Å². The molecule has 0 atom stereocenters. The van der Waals surface area contributed by atoms with E-state index in [4.69, 9.17) is 0 Å². The van der Waals surface area contributed by atoms with E-state index in [9.17, 15) is 22.4 Å². The van der Waals surface area contributed by atoms with Gasteiger partial charge in [-0.2, -0.15) is 13.2 Å². The molecule has 3 rings (SSSR count). The van der Waals surface area contributed by atoms with Gasteiger partial charge in [-0.25, -0.2) is 4.39 Å². The predicted octanol–water partition coefficient (Wildman–Crippen LogP) is 4.56. The van der Waals surface area contributed by atoms with E-state index in [1.54, 1.807) is 0 Å². The highest BCUT2D eigenvalue weighted by atomic mass is 19.4. The molecule has 1 aliphatic heterocycles. The second-order valence-corrected chi connectivity index (χ2v) is 6.27. The van der Waals surface area contributed by atoms with Crippen LogP contribution in [0.4, 0.5) is 23.2 Å². The smallest absolute Gasteiger partial charge is 0.382 e. The van der Waals surface area contributed by atoms with Crippen molar-refractivity contribution in [3.63, 3.8) is 0 Å². The third-order valence-electron chi connectivity index (χ3n) is 4.45. The maximum Gasteiger partial charge on any atom is 0.419 e. The molecule has 0 unspecified atom stereocenters. The summed E-state index contributed by atoms with van der Waals surface area (Å²) in [5, 5.41) is 3.38. The summed E-state index contributed by atoms with van der Waals surface area (Å²) in [5.41, 5.74) is -0.567. The number of anilines is 1. The van der Waals surface area contributed by atoms with Crippen LogP contribution < -0.4 is 5.32 Å². The van der Waals surface area contributed by atoms with Crippen LogP contribution in [0.2, 0.25) is 0 Å². The highest BCUT2D eigenvalue weighted by Crippen LogP contribution is 2.32. The average molecular weight is 366 g/mol. The van der Waals surface area contributed by atoms with E-state index in [0.29, 0.717) is 38.1 Å². The summed E-state index contributed by atoms with van der Waals surface area (Å²) < 4.78 is 51.8. The number of nitrogens with one attached hydrogen (secondary N) is 1. The van der Waals surface area contributed by atoms with Crippen molar-refractivity contribution in [1.29, 1.82) is 0 Å². The van der Waals surface area contributed by atoms with Gasteiger partial charge < -0.3 is 10.2 Å². The third-order valence-corrected chi connectivity index (χ3v) is 4.45. The molecule has 138 valence electrons. The summed E-state index contributed by atoms with van der Waals surface area (Å²) >= 11 is 0. The second-order valence-electron chi connectivity index (χ2n) is 6.27. The van der Waals surface area contributed by atoms with Gasteiger partial charge in [-0.1, -0.05) is 18.2 Å². The summed E-state index contributed by atoms with van der Waals surface area (Å²) in [6.07, 6.45) is -3.45. The second kappa shape index (κ2) is 7.35. The van der Waals surface area contributed by atoms with Gasteiger partial charge in [0.2, 0.25) is 0 Å². The number of piperidine rings is 1. The first kappa shape index (κ1) is 18.2. The molecule has 2 aromatic rings. The minimum atomic E-state index is -4.83. The van der Waals surface area contributed by atoms with Crippen LogP contribution in [0.3, 0.4) is 0 Å². The van der Waals surface area contributed by atoms with Gasteiger partial charge in [0.1, 0.15) is 5.82 Å². The molecule has 1 N–H and O–H groups in total. The van der Waals surface area contributed by atoms with E-state index in [1.807, 2.05) is 30.3 Å². The zero-order chi connectivity index (χ0) is 18.7. The Kier molecular flexibility index (Phi) is 5.15. The van der Waals surface area contributed by atoms with Crippen molar-refractivity contribution in [2.45, 2.75) is 25.1 Å². The molecule has 1 heterocycles. The summed E-state index contributed by atoms with van der Waals surface area (Å²) in [6.45, 7) is 0.865. The Morgan fingerprint density at radius 2 is 1.69 bits per heavy atom. The number of para-hydroxylation sites is 1. The Morgan fingerprint density at radius 3 is 2.31 bits per heavy atom. The first-order chi connectivity index (χ1) is 12.3. The maximum atomic E-state index is 13.4. The van der Waals surface area contributed by atoms with Crippen LogP contribution in [0.15, 0.2) is 48.5 Å². The maximum absolute atomic E-state index is 13.4. The molecule has 0 spiro atoms. The molecule has 0 bridgehead atoms. The summed E-state index contributed by atoms with van der Waals surface area (Å²) in [5.74, 6) is -1.88. The Labute approximate surface area is 148 Å². The van der Waals surface area contributed by atoms with Crippen molar-refractivity contribution in [1.82, 2.24) is 4.90 Å². The molecule has 0 aliphatic carbocycles. The number of rotatable bonds is 3. The monoisotopic (exact) mass is 366 g/mol. The number of hydrogen-bond donors (Lipinski definition) is 1. The van der Waals surface area contributed by atoms with E-state index < -0.39 is 23.5 Å². The fourth-order valence-corrected chi connectivity index (χ4v) is 3.06. The lowest BCUT2D eigenvalue weighted by atomic mass is 10.0. The minimum absolute atomic E-state index is 0.145. The molecular weight excluding hydrogens is 348 g/mol. The Hall–Kier alpha value is -2.57. The number of halogens is 4. The Bertz CT molecular complexity index is 769. The van der Waals surface area contributed by atoms with Gasteiger partial charge in [-0.15, -0.1) is 0 Å². The number of nitrogens with zero attached hydrogens (tertiary/aromatic N) is 1. The molecule has 1 amide bonds. The number of carbonyl (C=O) groups excluding carboxylic acids is 1. The van der Waals surface area contributed by atoms with Crippen LogP contribution in [0.25, 0.3) is 0 Å². The first-order valence-corrected chi connectivity index (χ1v) is 8.32. The molecule has 0 radical (unpaired) electrons. The van der Waals surface area contributed by atoms with Crippen LogP contribution in [-0.2, 0) is 6.18 Å². The topological polar surface area (TPSA) is 32.3 Å². The Morgan fingerprint density at radius 1 is 1.04 bits per heavy atom. The van der Waals surface area contributed by atoms with Crippen molar-refractivity contribution < 1.29 is 22.4 Å². The van der Waals surface area contributed by atoms with Crippen molar-refractivity contribution in [2.75, 3.05) is 18.4 Å². The Balaban J connectivity index is 1.64. The molecule has 3 nitrogen and oxygen atoms in total. The largest absolute Gasteiger partial charge is 0.419 e. The number of amides is 1. The van der Waals surface area contributed by atoms with Crippen molar-refractivity contribution in [3.05, 3.63) is 65.5 Å². The first-order valence-electron chi connectivity index (χ1n) is 8.32. The molecule has 0 saturated carbocycles. The zero-order valence-corrected chi connectivity index (χ0v) is 13.9. The van der Waals surface area contributed by atoms with Crippen molar-refractivity contribution >= 4 is 11.6 Å². The van der Waals surface area contributed by atoms with Crippen LogP contribution >= 0.6 is 0 Å². The standard InChI is InChI=1S/C19H18F4N2O/c20-17-7-6-13(12-16(17)19(21,22)23)18(26)25-10-8-15(9-11-25)24-14-4-2-1-3-5-14/h1-7,12,15,24H,8-11H2. The molecule has 26 heavy (non-hydrogen) atoms. The lowest BCUT2D eigenvalue weighted by molar-refractivity contribution is -0.140.